The van der Waals surface area contributed by atoms with Gasteiger partial charge in [0.25, 0.3) is 0 Å². The van der Waals surface area contributed by atoms with Gasteiger partial charge in [-0.15, -0.1) is 0 Å². The Balaban J connectivity index is 1.35. The quantitative estimate of drug-likeness (QED) is 0.212. The van der Waals surface area contributed by atoms with E-state index in [4.69, 9.17) is 31.0 Å². The van der Waals surface area contributed by atoms with Gasteiger partial charge >= 0.3 is 0 Å². The third kappa shape index (κ3) is 4.23. The molecule has 0 spiro atoms. The zero-order valence-electron chi connectivity index (χ0n) is 20.8. The van der Waals surface area contributed by atoms with Crippen LogP contribution in [0.4, 0.5) is 0 Å². The van der Waals surface area contributed by atoms with Gasteiger partial charge < -0.3 is 4.42 Å². The predicted molar refractivity (Wildman–Crippen MR) is 154 cm³/mol. The number of hydrogen-bond acceptors (Lipinski definition) is 7. The van der Waals surface area contributed by atoms with Gasteiger partial charge in [0.1, 0.15) is 17.2 Å². The van der Waals surface area contributed by atoms with E-state index < -0.39 is 0 Å². The van der Waals surface area contributed by atoms with Crippen LogP contribution in [-0.4, -0.2) is 24.9 Å². The van der Waals surface area contributed by atoms with E-state index >= 15 is 0 Å². The molecule has 7 aromatic rings. The first-order chi connectivity index (χ1) is 19.7. The van der Waals surface area contributed by atoms with Crippen molar-refractivity contribution < 1.29 is 4.42 Å². The second-order valence-corrected chi connectivity index (χ2v) is 9.40. The molecule has 4 aromatic carbocycles. The van der Waals surface area contributed by atoms with Crippen molar-refractivity contribution in [3.63, 3.8) is 0 Å². The molecule has 0 radical (unpaired) electrons. The molecular weight excluding hydrogens is 520 g/mol. The van der Waals surface area contributed by atoms with Crippen LogP contribution in [0, 0.1) is 11.3 Å². The predicted octanol–water partition coefficient (Wildman–Crippen LogP) is 7.75. The van der Waals surface area contributed by atoms with E-state index in [9.17, 15) is 5.26 Å². The summed E-state index contributed by atoms with van der Waals surface area (Å²) < 4.78 is 6.00. The molecule has 40 heavy (non-hydrogen) atoms. The number of aromatic nitrogens is 5. The third-order valence-corrected chi connectivity index (χ3v) is 6.72. The highest BCUT2D eigenvalue weighted by atomic mass is 35.5. The molecule has 0 fully saturated rings. The number of furan rings is 1. The lowest BCUT2D eigenvalue weighted by Gasteiger charge is -2.09. The Labute approximate surface area is 233 Å². The van der Waals surface area contributed by atoms with Gasteiger partial charge in [-0.1, -0.05) is 84.9 Å². The largest absolute Gasteiger partial charge is 0.451 e. The van der Waals surface area contributed by atoms with Crippen molar-refractivity contribution >= 4 is 33.7 Å². The Hall–Kier alpha value is -5.45. The minimum atomic E-state index is 0.00521. The highest BCUT2D eigenvalue weighted by Gasteiger charge is 2.17. The van der Waals surface area contributed by atoms with Crippen molar-refractivity contribution in [2.24, 2.45) is 0 Å². The maximum absolute atomic E-state index is 9.47. The first-order valence-electron chi connectivity index (χ1n) is 12.4. The van der Waals surface area contributed by atoms with Crippen molar-refractivity contribution in [1.29, 1.82) is 5.26 Å². The number of benzene rings is 4. The second-order valence-electron chi connectivity index (χ2n) is 9.06. The van der Waals surface area contributed by atoms with E-state index in [0.717, 1.165) is 33.2 Å². The summed E-state index contributed by atoms with van der Waals surface area (Å²) in [5, 5.41) is 10.2. The van der Waals surface area contributed by atoms with E-state index in [1.165, 1.54) is 0 Å². The van der Waals surface area contributed by atoms with E-state index in [2.05, 4.69) is 9.97 Å². The lowest BCUT2D eigenvalue weighted by molar-refractivity contribution is 0.664. The SMILES string of the molecule is N#Cc1nc(Cl)nc2c1oc1cc(-c3cccc(-c4nc(-c5ccccc5)nc(-c5ccccc5)n4)c3)ccc12. The number of fused-ring (bicyclic) bond motifs is 3. The molecule has 0 aliphatic rings. The molecule has 7 rings (SSSR count). The van der Waals surface area contributed by atoms with Gasteiger partial charge in [0.2, 0.25) is 5.28 Å². The summed E-state index contributed by atoms with van der Waals surface area (Å²) in [5.74, 6) is 1.78. The number of halogens is 1. The lowest BCUT2D eigenvalue weighted by atomic mass is 10.0. The minimum Gasteiger partial charge on any atom is -0.451 e. The summed E-state index contributed by atoms with van der Waals surface area (Å²) in [6.45, 7) is 0. The summed E-state index contributed by atoms with van der Waals surface area (Å²) >= 11 is 6.03. The van der Waals surface area contributed by atoms with Crippen LogP contribution in [0.2, 0.25) is 5.28 Å². The molecule has 3 heterocycles. The number of nitrogens with zero attached hydrogens (tertiary/aromatic N) is 6. The van der Waals surface area contributed by atoms with E-state index in [0.29, 0.717) is 34.2 Å². The summed E-state index contributed by atoms with van der Waals surface area (Å²) in [7, 11) is 0. The van der Waals surface area contributed by atoms with Crippen molar-refractivity contribution in [2.75, 3.05) is 0 Å². The lowest BCUT2D eigenvalue weighted by Crippen LogP contribution is -2.00. The summed E-state index contributed by atoms with van der Waals surface area (Å²) in [6, 6.07) is 35.6. The van der Waals surface area contributed by atoms with Gasteiger partial charge in [0.15, 0.2) is 28.8 Å². The standard InChI is InChI=1S/C32H17ClN6O/c33-32-35-25(18-34)28-27(36-32)24-15-14-22(17-26(24)40-28)21-12-7-13-23(16-21)31-38-29(19-8-3-1-4-9-19)37-30(39-31)20-10-5-2-6-11-20/h1-17H. The first-order valence-corrected chi connectivity index (χ1v) is 12.8. The molecule has 0 aliphatic heterocycles. The molecule has 3 aromatic heterocycles. The van der Waals surface area contributed by atoms with Crippen molar-refractivity contribution in [2.45, 2.75) is 0 Å². The van der Waals surface area contributed by atoms with Gasteiger partial charge in [-0.2, -0.15) is 5.26 Å². The zero-order valence-corrected chi connectivity index (χ0v) is 21.5. The van der Waals surface area contributed by atoms with Crippen LogP contribution in [0.25, 0.3) is 67.4 Å². The maximum atomic E-state index is 9.47. The molecule has 0 saturated heterocycles. The van der Waals surface area contributed by atoms with Crippen LogP contribution in [0.15, 0.2) is 108 Å². The Morgan fingerprint density at radius 3 is 1.80 bits per heavy atom. The number of rotatable bonds is 4. The Morgan fingerprint density at radius 1 is 0.575 bits per heavy atom. The molecular formula is C32H17ClN6O. The van der Waals surface area contributed by atoms with E-state index in [-0.39, 0.29) is 11.0 Å². The molecule has 0 amide bonds. The maximum Gasteiger partial charge on any atom is 0.224 e. The molecule has 0 atom stereocenters. The van der Waals surface area contributed by atoms with Crippen LogP contribution in [0.1, 0.15) is 5.69 Å². The first kappa shape index (κ1) is 23.7. The summed E-state index contributed by atoms with van der Waals surface area (Å²) in [6.07, 6.45) is 0. The molecule has 0 bridgehead atoms. The van der Waals surface area contributed by atoms with Gasteiger partial charge in [-0.25, -0.2) is 24.9 Å². The van der Waals surface area contributed by atoms with Gasteiger partial charge in [0.05, 0.1) is 0 Å². The van der Waals surface area contributed by atoms with Crippen molar-refractivity contribution in [3.8, 4) is 51.4 Å². The summed E-state index contributed by atoms with van der Waals surface area (Å²) in [5.41, 5.74) is 6.07. The van der Waals surface area contributed by atoms with E-state index in [1.807, 2.05) is 109 Å². The van der Waals surface area contributed by atoms with Crippen LogP contribution in [0.3, 0.4) is 0 Å². The van der Waals surface area contributed by atoms with Crippen LogP contribution >= 0.6 is 11.6 Å². The smallest absolute Gasteiger partial charge is 0.224 e. The monoisotopic (exact) mass is 536 g/mol. The Bertz CT molecular complexity index is 2030. The second kappa shape index (κ2) is 9.70. The fourth-order valence-corrected chi connectivity index (χ4v) is 4.81. The van der Waals surface area contributed by atoms with E-state index in [1.54, 1.807) is 0 Å². The Kier molecular flexibility index (Phi) is 5.73. The highest BCUT2D eigenvalue weighted by molar-refractivity contribution is 6.29. The van der Waals surface area contributed by atoms with Gasteiger partial charge in [0, 0.05) is 22.1 Å². The highest BCUT2D eigenvalue weighted by Crippen LogP contribution is 2.34. The molecule has 7 nitrogen and oxygen atoms in total. The topological polar surface area (TPSA) is 101 Å². The fraction of sp³-hybridized carbons (Fsp3) is 0. The van der Waals surface area contributed by atoms with Crippen molar-refractivity contribution in [1.82, 2.24) is 24.9 Å². The molecule has 8 heteroatoms. The molecule has 188 valence electrons. The number of nitriles is 1. The van der Waals surface area contributed by atoms with Crippen LogP contribution in [0.5, 0.6) is 0 Å². The van der Waals surface area contributed by atoms with Crippen LogP contribution < -0.4 is 0 Å². The third-order valence-electron chi connectivity index (χ3n) is 6.55. The fourth-order valence-electron chi connectivity index (χ4n) is 4.65. The van der Waals surface area contributed by atoms with Gasteiger partial charge in [-0.05, 0) is 40.9 Å². The molecule has 0 saturated carbocycles. The van der Waals surface area contributed by atoms with Crippen LogP contribution in [-0.2, 0) is 0 Å². The number of hydrogen-bond donors (Lipinski definition) is 0. The average molecular weight is 537 g/mol. The van der Waals surface area contributed by atoms with Crippen molar-refractivity contribution in [3.05, 3.63) is 114 Å². The Morgan fingerprint density at radius 2 is 1.15 bits per heavy atom. The minimum absolute atomic E-state index is 0.00521. The summed E-state index contributed by atoms with van der Waals surface area (Å²) in [4.78, 5) is 22.7. The molecule has 0 aliphatic carbocycles. The van der Waals surface area contributed by atoms with Gasteiger partial charge in [-0.3, -0.25) is 0 Å². The average Bonchev–Trinajstić information content (AvgIpc) is 3.39. The zero-order chi connectivity index (χ0) is 27.1. The normalized spacial score (nSPS) is 11.1. The molecule has 0 N–H and O–H groups in total. The molecule has 0 unspecified atom stereocenters.